The molecule has 0 radical (unpaired) electrons. The first-order valence-electron chi connectivity index (χ1n) is 7.74. The molecule has 2 unspecified atom stereocenters. The van der Waals surface area contributed by atoms with Gasteiger partial charge in [0.1, 0.15) is 18.5 Å². The second-order valence-corrected chi connectivity index (χ2v) is 5.94. The van der Waals surface area contributed by atoms with Gasteiger partial charge in [-0.3, -0.25) is 0 Å². The smallest absolute Gasteiger partial charge is 0.159 e. The van der Waals surface area contributed by atoms with Crippen molar-refractivity contribution >= 4 is 12.2 Å². The summed E-state index contributed by atoms with van der Waals surface area (Å²) < 4.78 is 10.9. The van der Waals surface area contributed by atoms with Gasteiger partial charge in [-0.05, 0) is 31.1 Å². The van der Waals surface area contributed by atoms with Crippen LogP contribution in [0, 0.1) is 12.8 Å². The minimum atomic E-state index is -0.705. The third-order valence-electron chi connectivity index (χ3n) is 3.62. The predicted octanol–water partition coefficient (Wildman–Crippen LogP) is 2.88. The standard InChI is InChI=1S/C18H24N2O3/c1-12(2)18(19)16(21)11-22-17-7-5-4-6-14(17)8-9-15-10-13(3)20-23-15/h4-10,12,16,18,21H,11,19H2,1-3H3. The van der Waals surface area contributed by atoms with Crippen LogP contribution in [0.5, 0.6) is 5.75 Å². The summed E-state index contributed by atoms with van der Waals surface area (Å²) in [5.74, 6) is 1.56. The van der Waals surface area contributed by atoms with Crippen molar-refractivity contribution in [3.8, 4) is 5.75 Å². The Morgan fingerprint density at radius 3 is 2.70 bits per heavy atom. The fourth-order valence-electron chi connectivity index (χ4n) is 2.11. The fraction of sp³-hybridized carbons (Fsp3) is 0.389. The van der Waals surface area contributed by atoms with Crippen molar-refractivity contribution < 1.29 is 14.4 Å². The largest absolute Gasteiger partial charge is 0.490 e. The summed E-state index contributed by atoms with van der Waals surface area (Å²) in [5.41, 5.74) is 7.66. The molecule has 2 rings (SSSR count). The summed E-state index contributed by atoms with van der Waals surface area (Å²) in [5, 5.41) is 13.9. The number of rotatable bonds is 7. The summed E-state index contributed by atoms with van der Waals surface area (Å²) in [6, 6.07) is 9.15. The Labute approximate surface area is 136 Å². The molecule has 1 heterocycles. The molecule has 0 fully saturated rings. The quantitative estimate of drug-likeness (QED) is 0.821. The van der Waals surface area contributed by atoms with Gasteiger partial charge in [0.05, 0.1) is 5.69 Å². The highest BCUT2D eigenvalue weighted by atomic mass is 16.5. The summed E-state index contributed by atoms with van der Waals surface area (Å²) in [4.78, 5) is 0. The number of aromatic nitrogens is 1. The van der Waals surface area contributed by atoms with E-state index in [1.54, 1.807) is 0 Å². The molecule has 1 aromatic carbocycles. The van der Waals surface area contributed by atoms with Crippen LogP contribution in [0.2, 0.25) is 0 Å². The number of para-hydroxylation sites is 1. The molecule has 0 aliphatic rings. The summed E-state index contributed by atoms with van der Waals surface area (Å²) in [6.45, 7) is 5.98. The molecule has 23 heavy (non-hydrogen) atoms. The van der Waals surface area contributed by atoms with Gasteiger partial charge in [0.2, 0.25) is 0 Å². The molecular formula is C18H24N2O3. The van der Waals surface area contributed by atoms with E-state index in [4.69, 9.17) is 15.0 Å². The number of aryl methyl sites for hydroxylation is 1. The van der Waals surface area contributed by atoms with Gasteiger partial charge >= 0.3 is 0 Å². The Balaban J connectivity index is 2.04. The van der Waals surface area contributed by atoms with E-state index >= 15 is 0 Å². The zero-order chi connectivity index (χ0) is 16.8. The number of hydrogen-bond donors (Lipinski definition) is 2. The van der Waals surface area contributed by atoms with Crippen LogP contribution in [0.25, 0.3) is 12.2 Å². The zero-order valence-corrected chi connectivity index (χ0v) is 13.8. The maximum atomic E-state index is 10.1. The second-order valence-electron chi connectivity index (χ2n) is 5.94. The number of ether oxygens (including phenoxy) is 1. The zero-order valence-electron chi connectivity index (χ0n) is 13.8. The van der Waals surface area contributed by atoms with Gasteiger partial charge in [-0.1, -0.05) is 37.2 Å². The Bertz CT molecular complexity index is 649. The normalized spacial score (nSPS) is 14.3. The van der Waals surface area contributed by atoms with E-state index in [0.29, 0.717) is 11.5 Å². The van der Waals surface area contributed by atoms with Gasteiger partial charge < -0.3 is 20.1 Å². The fourth-order valence-corrected chi connectivity index (χ4v) is 2.11. The molecule has 2 atom stereocenters. The number of hydrogen-bond acceptors (Lipinski definition) is 5. The molecular weight excluding hydrogens is 292 g/mol. The highest BCUT2D eigenvalue weighted by Gasteiger charge is 2.19. The van der Waals surface area contributed by atoms with Crippen molar-refractivity contribution in [2.75, 3.05) is 6.61 Å². The van der Waals surface area contributed by atoms with Crippen LogP contribution in [0.15, 0.2) is 34.9 Å². The lowest BCUT2D eigenvalue weighted by Gasteiger charge is -2.22. The van der Waals surface area contributed by atoms with E-state index in [1.165, 1.54) is 0 Å². The van der Waals surface area contributed by atoms with Gasteiger partial charge in [-0.2, -0.15) is 0 Å². The Hall–Kier alpha value is -2.11. The van der Waals surface area contributed by atoms with Crippen molar-refractivity contribution in [3.63, 3.8) is 0 Å². The summed E-state index contributed by atoms with van der Waals surface area (Å²) >= 11 is 0. The topological polar surface area (TPSA) is 81.5 Å². The number of aliphatic hydroxyl groups is 1. The number of aliphatic hydroxyl groups excluding tert-OH is 1. The van der Waals surface area contributed by atoms with E-state index in [-0.39, 0.29) is 18.6 Å². The molecule has 5 heteroatoms. The molecule has 0 spiro atoms. The highest BCUT2D eigenvalue weighted by molar-refractivity contribution is 5.70. The summed E-state index contributed by atoms with van der Waals surface area (Å²) in [6.07, 6.45) is 3.02. The lowest BCUT2D eigenvalue weighted by Crippen LogP contribution is -2.42. The molecule has 2 aromatic rings. The molecule has 0 aliphatic carbocycles. The van der Waals surface area contributed by atoms with Gasteiger partial charge in [0.25, 0.3) is 0 Å². The first-order valence-corrected chi connectivity index (χ1v) is 7.74. The maximum absolute atomic E-state index is 10.1. The van der Waals surface area contributed by atoms with Crippen LogP contribution < -0.4 is 10.5 Å². The van der Waals surface area contributed by atoms with Crippen LogP contribution in [0.3, 0.4) is 0 Å². The summed E-state index contributed by atoms with van der Waals surface area (Å²) in [7, 11) is 0. The lowest BCUT2D eigenvalue weighted by molar-refractivity contribution is 0.0714. The van der Waals surface area contributed by atoms with Crippen LogP contribution in [-0.2, 0) is 0 Å². The second kappa shape index (κ2) is 7.94. The number of nitrogens with two attached hydrogens (primary N) is 1. The van der Waals surface area contributed by atoms with Crippen LogP contribution >= 0.6 is 0 Å². The number of benzene rings is 1. The van der Waals surface area contributed by atoms with E-state index < -0.39 is 6.10 Å². The Morgan fingerprint density at radius 2 is 2.04 bits per heavy atom. The van der Waals surface area contributed by atoms with E-state index in [0.717, 1.165) is 11.3 Å². The minimum Gasteiger partial charge on any atom is -0.490 e. The molecule has 3 N–H and O–H groups in total. The first kappa shape index (κ1) is 17.2. The van der Waals surface area contributed by atoms with Crippen LogP contribution in [0.4, 0.5) is 0 Å². The average Bonchev–Trinajstić information content (AvgIpc) is 2.96. The van der Waals surface area contributed by atoms with Gasteiger partial charge in [0, 0.05) is 17.7 Å². The molecule has 0 saturated carbocycles. The van der Waals surface area contributed by atoms with Crippen molar-refractivity contribution in [1.29, 1.82) is 0 Å². The van der Waals surface area contributed by atoms with Gasteiger partial charge in [-0.25, -0.2) is 0 Å². The molecule has 0 saturated heterocycles. The van der Waals surface area contributed by atoms with E-state index in [1.807, 2.05) is 63.3 Å². The Kier molecular flexibility index (Phi) is 5.96. The van der Waals surface area contributed by atoms with Crippen molar-refractivity contribution in [2.45, 2.75) is 32.9 Å². The van der Waals surface area contributed by atoms with E-state index in [2.05, 4.69) is 5.16 Å². The lowest BCUT2D eigenvalue weighted by atomic mass is 10.0. The third-order valence-corrected chi connectivity index (χ3v) is 3.62. The third kappa shape index (κ3) is 4.94. The Morgan fingerprint density at radius 1 is 1.30 bits per heavy atom. The molecule has 124 valence electrons. The highest BCUT2D eigenvalue weighted by Crippen LogP contribution is 2.21. The monoisotopic (exact) mass is 316 g/mol. The molecule has 0 aliphatic heterocycles. The average molecular weight is 316 g/mol. The van der Waals surface area contributed by atoms with E-state index in [9.17, 15) is 5.11 Å². The van der Waals surface area contributed by atoms with Crippen molar-refractivity contribution in [1.82, 2.24) is 5.16 Å². The molecule has 5 nitrogen and oxygen atoms in total. The SMILES string of the molecule is Cc1cc(C=Cc2ccccc2OCC(O)C(N)C(C)C)on1. The predicted molar refractivity (Wildman–Crippen MR) is 90.9 cm³/mol. The van der Waals surface area contributed by atoms with Crippen LogP contribution in [0.1, 0.15) is 30.9 Å². The van der Waals surface area contributed by atoms with Gasteiger partial charge in [-0.15, -0.1) is 0 Å². The maximum Gasteiger partial charge on any atom is 0.159 e. The van der Waals surface area contributed by atoms with Crippen LogP contribution in [-0.4, -0.2) is 29.0 Å². The van der Waals surface area contributed by atoms with Crippen molar-refractivity contribution in [2.24, 2.45) is 11.7 Å². The molecule has 1 aromatic heterocycles. The molecule has 0 amide bonds. The number of nitrogens with zero attached hydrogens (tertiary/aromatic N) is 1. The van der Waals surface area contributed by atoms with Crippen molar-refractivity contribution in [3.05, 3.63) is 47.3 Å². The minimum absolute atomic E-state index is 0.158. The molecule has 0 bridgehead atoms. The van der Waals surface area contributed by atoms with Gasteiger partial charge in [0.15, 0.2) is 5.76 Å². The first-order chi connectivity index (χ1) is 11.0.